The molecule has 1 aromatic carbocycles. The first-order valence-corrected chi connectivity index (χ1v) is 6.15. The Kier molecular flexibility index (Phi) is 4.86. The van der Waals surface area contributed by atoms with E-state index in [1.165, 1.54) is 6.39 Å². The van der Waals surface area contributed by atoms with Crippen molar-refractivity contribution in [1.82, 2.24) is 15.5 Å². The molecule has 1 aromatic heterocycles. The number of ether oxygens (including phenoxy) is 2. The van der Waals surface area contributed by atoms with Gasteiger partial charge in [0.2, 0.25) is 12.3 Å². The van der Waals surface area contributed by atoms with Gasteiger partial charge < -0.3 is 13.9 Å². The smallest absolute Gasteiger partial charge is 0.413 e. The molecule has 0 fully saturated rings. The van der Waals surface area contributed by atoms with Gasteiger partial charge in [0.1, 0.15) is 5.75 Å². The molecule has 110 valence electrons. The average Bonchev–Trinajstić information content (AvgIpc) is 3.00. The number of alkyl carbamates (subject to hydrolysis) is 1. The monoisotopic (exact) mass is 291 g/mol. The van der Waals surface area contributed by atoms with E-state index < -0.39 is 12.0 Å². The molecule has 0 spiro atoms. The summed E-state index contributed by atoms with van der Waals surface area (Å²) in [5.41, 5.74) is 0.732. The Hall–Kier alpha value is -2.90. The van der Waals surface area contributed by atoms with Crippen LogP contribution in [-0.4, -0.2) is 35.4 Å². The molecule has 0 aliphatic carbocycles. The highest BCUT2D eigenvalue weighted by molar-refractivity contribution is 5.92. The van der Waals surface area contributed by atoms with Crippen LogP contribution >= 0.6 is 0 Å². The molecule has 0 unspecified atom stereocenters. The van der Waals surface area contributed by atoms with Crippen LogP contribution in [-0.2, 0) is 9.53 Å². The van der Waals surface area contributed by atoms with Gasteiger partial charge in [-0.3, -0.25) is 10.1 Å². The van der Waals surface area contributed by atoms with Crippen molar-refractivity contribution >= 4 is 12.0 Å². The van der Waals surface area contributed by atoms with Crippen LogP contribution in [0.15, 0.2) is 35.1 Å². The number of hydrogen-bond acceptors (Lipinski definition) is 7. The quantitative estimate of drug-likeness (QED) is 0.887. The number of benzene rings is 1. The van der Waals surface area contributed by atoms with E-state index in [1.807, 2.05) is 5.32 Å². The number of carbonyl (C=O) groups is 2. The fraction of sp³-hybridized carbons (Fsp3) is 0.231. The SMILES string of the molecule is CCOC(=O)NC(=O)COc1ccc(-c2nnco2)cc1. The summed E-state index contributed by atoms with van der Waals surface area (Å²) in [6.07, 6.45) is 0.442. The van der Waals surface area contributed by atoms with E-state index in [0.29, 0.717) is 11.6 Å². The second-order valence-corrected chi connectivity index (χ2v) is 3.83. The zero-order valence-corrected chi connectivity index (χ0v) is 11.2. The molecule has 0 atom stereocenters. The zero-order chi connectivity index (χ0) is 15.1. The minimum absolute atomic E-state index is 0.192. The number of rotatable bonds is 5. The van der Waals surface area contributed by atoms with E-state index in [2.05, 4.69) is 14.9 Å². The van der Waals surface area contributed by atoms with E-state index >= 15 is 0 Å². The highest BCUT2D eigenvalue weighted by Crippen LogP contribution is 2.19. The molecule has 0 aliphatic rings. The fourth-order valence-corrected chi connectivity index (χ4v) is 1.46. The van der Waals surface area contributed by atoms with Crippen LogP contribution in [0.5, 0.6) is 5.75 Å². The van der Waals surface area contributed by atoms with E-state index in [4.69, 9.17) is 9.15 Å². The van der Waals surface area contributed by atoms with Crippen LogP contribution in [0.3, 0.4) is 0 Å². The topological polar surface area (TPSA) is 104 Å². The summed E-state index contributed by atoms with van der Waals surface area (Å²) in [7, 11) is 0. The Morgan fingerprint density at radius 2 is 2.05 bits per heavy atom. The minimum Gasteiger partial charge on any atom is -0.484 e. The first-order chi connectivity index (χ1) is 10.2. The lowest BCUT2D eigenvalue weighted by Crippen LogP contribution is -2.34. The van der Waals surface area contributed by atoms with E-state index in [0.717, 1.165) is 5.56 Å². The summed E-state index contributed by atoms with van der Waals surface area (Å²) in [5, 5.41) is 9.37. The molecule has 1 heterocycles. The van der Waals surface area contributed by atoms with Crippen LogP contribution in [0.4, 0.5) is 4.79 Å². The third kappa shape index (κ3) is 4.30. The Bertz CT molecular complexity index is 595. The molecule has 1 N–H and O–H groups in total. The highest BCUT2D eigenvalue weighted by Gasteiger charge is 2.09. The van der Waals surface area contributed by atoms with Gasteiger partial charge in [0.05, 0.1) is 6.61 Å². The second kappa shape index (κ2) is 7.04. The summed E-state index contributed by atoms with van der Waals surface area (Å²) in [6.45, 7) is 1.54. The fourth-order valence-electron chi connectivity index (χ4n) is 1.46. The van der Waals surface area contributed by atoms with Crippen molar-refractivity contribution in [3.63, 3.8) is 0 Å². The molecular weight excluding hydrogens is 278 g/mol. The van der Waals surface area contributed by atoms with Gasteiger partial charge in [-0.05, 0) is 31.2 Å². The summed E-state index contributed by atoms with van der Waals surface area (Å²) in [5.74, 6) is 0.272. The molecule has 2 aromatic rings. The van der Waals surface area contributed by atoms with Crippen molar-refractivity contribution in [3.05, 3.63) is 30.7 Å². The molecule has 0 aliphatic heterocycles. The molecule has 2 amide bonds. The van der Waals surface area contributed by atoms with Crippen molar-refractivity contribution < 1.29 is 23.5 Å². The van der Waals surface area contributed by atoms with Crippen LogP contribution < -0.4 is 10.1 Å². The Labute approximate surface area is 120 Å². The first-order valence-electron chi connectivity index (χ1n) is 6.15. The number of nitrogens with one attached hydrogen (secondary N) is 1. The van der Waals surface area contributed by atoms with Crippen molar-refractivity contribution in [2.24, 2.45) is 0 Å². The number of carbonyl (C=O) groups excluding carboxylic acids is 2. The predicted molar refractivity (Wildman–Crippen MR) is 70.4 cm³/mol. The maximum atomic E-state index is 11.4. The molecule has 0 saturated heterocycles. The molecule has 0 bridgehead atoms. The molecule has 0 saturated carbocycles. The number of hydrogen-bond donors (Lipinski definition) is 1. The van der Waals surface area contributed by atoms with Gasteiger partial charge in [-0.15, -0.1) is 10.2 Å². The van der Waals surface area contributed by atoms with Gasteiger partial charge in [0.15, 0.2) is 6.61 Å². The van der Waals surface area contributed by atoms with Crippen LogP contribution in [0.1, 0.15) is 6.92 Å². The number of nitrogens with zero attached hydrogens (tertiary/aromatic N) is 2. The first kappa shape index (κ1) is 14.5. The molecule has 8 nitrogen and oxygen atoms in total. The molecule has 0 radical (unpaired) electrons. The molecule has 2 rings (SSSR count). The molecular formula is C13H13N3O5. The Morgan fingerprint density at radius 1 is 1.29 bits per heavy atom. The van der Waals surface area contributed by atoms with Crippen LogP contribution in [0.25, 0.3) is 11.5 Å². The third-order valence-corrected chi connectivity index (χ3v) is 2.35. The van der Waals surface area contributed by atoms with Gasteiger partial charge in [-0.2, -0.15) is 0 Å². The lowest BCUT2D eigenvalue weighted by molar-refractivity contribution is -0.122. The lowest BCUT2D eigenvalue weighted by Gasteiger charge is -2.06. The second-order valence-electron chi connectivity index (χ2n) is 3.83. The van der Waals surface area contributed by atoms with E-state index in [1.54, 1.807) is 31.2 Å². The van der Waals surface area contributed by atoms with Crippen molar-refractivity contribution in [2.75, 3.05) is 13.2 Å². The van der Waals surface area contributed by atoms with Gasteiger partial charge >= 0.3 is 6.09 Å². The Balaban J connectivity index is 1.84. The van der Waals surface area contributed by atoms with Gasteiger partial charge in [-0.25, -0.2) is 4.79 Å². The number of aromatic nitrogens is 2. The van der Waals surface area contributed by atoms with Crippen LogP contribution in [0, 0.1) is 0 Å². The highest BCUT2D eigenvalue weighted by atomic mass is 16.5. The lowest BCUT2D eigenvalue weighted by atomic mass is 10.2. The van der Waals surface area contributed by atoms with Crippen molar-refractivity contribution in [1.29, 1.82) is 0 Å². The summed E-state index contributed by atoms with van der Waals surface area (Å²) in [4.78, 5) is 22.4. The van der Waals surface area contributed by atoms with Gasteiger partial charge in [0.25, 0.3) is 5.91 Å². The summed E-state index contributed by atoms with van der Waals surface area (Å²) < 4.78 is 14.9. The van der Waals surface area contributed by atoms with E-state index in [-0.39, 0.29) is 13.2 Å². The van der Waals surface area contributed by atoms with Gasteiger partial charge in [-0.1, -0.05) is 0 Å². The minimum atomic E-state index is -0.794. The van der Waals surface area contributed by atoms with Gasteiger partial charge in [0, 0.05) is 5.56 Å². The number of imide groups is 1. The number of amides is 2. The largest absolute Gasteiger partial charge is 0.484 e. The van der Waals surface area contributed by atoms with Crippen molar-refractivity contribution in [2.45, 2.75) is 6.92 Å². The zero-order valence-electron chi connectivity index (χ0n) is 11.2. The maximum Gasteiger partial charge on any atom is 0.413 e. The summed E-state index contributed by atoms with van der Waals surface area (Å²) in [6, 6.07) is 6.73. The predicted octanol–water partition coefficient (Wildman–Crippen LogP) is 1.39. The van der Waals surface area contributed by atoms with Crippen molar-refractivity contribution in [3.8, 4) is 17.2 Å². The van der Waals surface area contributed by atoms with Crippen LogP contribution in [0.2, 0.25) is 0 Å². The molecule has 8 heteroatoms. The average molecular weight is 291 g/mol. The molecule has 21 heavy (non-hydrogen) atoms. The summed E-state index contributed by atoms with van der Waals surface area (Å²) >= 11 is 0. The Morgan fingerprint density at radius 3 is 2.67 bits per heavy atom. The normalized spacial score (nSPS) is 9.95. The maximum absolute atomic E-state index is 11.4. The third-order valence-electron chi connectivity index (χ3n) is 2.35. The van der Waals surface area contributed by atoms with E-state index in [9.17, 15) is 9.59 Å². The standard InChI is InChI=1S/C13H13N3O5/c1-2-19-13(18)15-11(17)7-20-10-5-3-9(4-6-10)12-16-14-8-21-12/h3-6,8H,2,7H2,1H3,(H,15,17,18).